The number of hydrogen-bond donors (Lipinski definition) is 0. The lowest BCUT2D eigenvalue weighted by Crippen LogP contribution is -2.17. The highest BCUT2D eigenvalue weighted by Gasteiger charge is 2.48. The van der Waals surface area contributed by atoms with Crippen LogP contribution in [-0.4, -0.2) is 4.98 Å². The van der Waals surface area contributed by atoms with Crippen LogP contribution in [0.3, 0.4) is 0 Å². The Morgan fingerprint density at radius 2 is 1.76 bits per heavy atom. The summed E-state index contributed by atoms with van der Waals surface area (Å²) in [5, 5.41) is 0. The molecular formula is C36H41N. The molecule has 1 unspecified atom stereocenters. The minimum absolute atomic E-state index is 0.144. The quantitative estimate of drug-likeness (QED) is 0.395. The van der Waals surface area contributed by atoms with E-state index < -0.39 is 0 Å². The third-order valence-corrected chi connectivity index (χ3v) is 8.53. The summed E-state index contributed by atoms with van der Waals surface area (Å²) in [6.45, 7) is 22.4. The maximum Gasteiger partial charge on any atom is 0.0698 e. The Morgan fingerprint density at radius 1 is 1.00 bits per heavy atom. The fourth-order valence-corrected chi connectivity index (χ4v) is 6.21. The molecule has 4 rings (SSSR count). The van der Waals surface area contributed by atoms with Crippen LogP contribution in [-0.2, 0) is 6.42 Å². The monoisotopic (exact) mass is 487 g/mol. The maximum absolute atomic E-state index is 4.63. The van der Waals surface area contributed by atoms with Crippen LogP contribution in [0.15, 0.2) is 113 Å². The molecule has 1 aromatic carbocycles. The van der Waals surface area contributed by atoms with Crippen molar-refractivity contribution in [2.45, 2.75) is 67.2 Å². The zero-order chi connectivity index (χ0) is 26.7. The van der Waals surface area contributed by atoms with Crippen LogP contribution in [0, 0.1) is 12.3 Å². The molecule has 190 valence electrons. The number of benzene rings is 1. The van der Waals surface area contributed by atoms with Gasteiger partial charge in [0.25, 0.3) is 0 Å². The van der Waals surface area contributed by atoms with Crippen LogP contribution in [0.5, 0.6) is 0 Å². The Labute approximate surface area is 224 Å². The van der Waals surface area contributed by atoms with Gasteiger partial charge in [0, 0.05) is 11.6 Å². The van der Waals surface area contributed by atoms with E-state index in [9.17, 15) is 0 Å². The van der Waals surface area contributed by atoms with Gasteiger partial charge in [-0.3, -0.25) is 4.98 Å². The van der Waals surface area contributed by atoms with Gasteiger partial charge >= 0.3 is 0 Å². The van der Waals surface area contributed by atoms with Gasteiger partial charge in [-0.15, -0.1) is 0 Å². The molecule has 2 aliphatic rings. The molecule has 1 atom stereocenters. The molecule has 0 N–H and O–H groups in total. The number of hydrogen-bond acceptors (Lipinski definition) is 1. The van der Waals surface area contributed by atoms with Crippen molar-refractivity contribution in [1.82, 2.24) is 4.98 Å². The van der Waals surface area contributed by atoms with Crippen molar-refractivity contribution >= 4 is 11.1 Å². The van der Waals surface area contributed by atoms with Gasteiger partial charge in [-0.1, -0.05) is 69.5 Å². The molecule has 1 heterocycles. The second-order valence-electron chi connectivity index (χ2n) is 10.3. The van der Waals surface area contributed by atoms with Crippen LogP contribution in [0.25, 0.3) is 11.1 Å². The van der Waals surface area contributed by atoms with E-state index in [1.165, 1.54) is 50.1 Å². The Hall–Kier alpha value is -3.45. The number of rotatable bonds is 6. The zero-order valence-electron chi connectivity index (χ0n) is 23.5. The largest absolute Gasteiger partial charge is 0.256 e. The third-order valence-electron chi connectivity index (χ3n) is 8.53. The second-order valence-corrected chi connectivity index (χ2v) is 10.3. The zero-order valence-corrected chi connectivity index (χ0v) is 23.5. The summed E-state index contributed by atoms with van der Waals surface area (Å²) in [6.07, 6.45) is 15.1. The van der Waals surface area contributed by atoms with E-state index in [1.54, 1.807) is 0 Å². The van der Waals surface area contributed by atoms with E-state index in [4.69, 9.17) is 0 Å². The first kappa shape index (κ1) is 26.6. The van der Waals surface area contributed by atoms with Crippen molar-refractivity contribution in [2.75, 3.05) is 0 Å². The van der Waals surface area contributed by atoms with E-state index in [1.807, 2.05) is 12.3 Å². The molecule has 0 bridgehead atoms. The summed E-state index contributed by atoms with van der Waals surface area (Å²) in [7, 11) is 0. The van der Waals surface area contributed by atoms with E-state index in [2.05, 4.69) is 114 Å². The number of aromatic nitrogens is 1. The Balaban J connectivity index is 1.84. The number of aryl methyl sites for hydroxylation is 1. The van der Waals surface area contributed by atoms with E-state index in [0.717, 1.165) is 42.5 Å². The average Bonchev–Trinajstić information content (AvgIpc) is 3.37. The van der Waals surface area contributed by atoms with Gasteiger partial charge in [-0.05, 0) is 133 Å². The van der Waals surface area contributed by atoms with Gasteiger partial charge in [0.15, 0.2) is 0 Å². The van der Waals surface area contributed by atoms with Crippen molar-refractivity contribution in [3.8, 4) is 0 Å². The van der Waals surface area contributed by atoms with Crippen LogP contribution in [0.2, 0.25) is 0 Å². The fraction of sp³-hybridized carbons (Fsp3) is 0.306. The van der Waals surface area contributed by atoms with E-state index >= 15 is 0 Å². The van der Waals surface area contributed by atoms with E-state index in [-0.39, 0.29) is 5.41 Å². The van der Waals surface area contributed by atoms with Gasteiger partial charge in [0.1, 0.15) is 0 Å². The molecule has 2 aromatic rings. The lowest BCUT2D eigenvalue weighted by molar-refractivity contribution is 0.501. The standard InChI is InChI=1S/C36H41N/c1-9-28-16-15-17-33(26(28)7)29(10-2)21-34-25(6)24(5)27(8)36(34)22-31(12-4)32(23-36)20-30(11-3)35-18-13-14-19-37-35/h11-21H,5,8-10,22-23H2,1-4,6-7H3/b29-21+,30-11?,31-12-,32-20-. The van der Waals surface area contributed by atoms with Gasteiger partial charge in [-0.25, -0.2) is 0 Å². The van der Waals surface area contributed by atoms with Crippen LogP contribution < -0.4 is 0 Å². The molecule has 1 heteroatoms. The van der Waals surface area contributed by atoms with Gasteiger partial charge in [0.2, 0.25) is 0 Å². The molecule has 1 spiro atoms. The van der Waals surface area contributed by atoms with Gasteiger partial charge in [0.05, 0.1) is 5.69 Å². The molecule has 2 aliphatic carbocycles. The Bertz CT molecular complexity index is 1390. The molecule has 0 aliphatic heterocycles. The summed E-state index contributed by atoms with van der Waals surface area (Å²) >= 11 is 0. The molecule has 1 saturated carbocycles. The van der Waals surface area contributed by atoms with Crippen LogP contribution >= 0.6 is 0 Å². The number of allylic oxidation sites excluding steroid dienone is 12. The van der Waals surface area contributed by atoms with Gasteiger partial charge < -0.3 is 0 Å². The summed E-state index contributed by atoms with van der Waals surface area (Å²) in [6, 6.07) is 12.9. The molecule has 37 heavy (non-hydrogen) atoms. The summed E-state index contributed by atoms with van der Waals surface area (Å²) < 4.78 is 0. The van der Waals surface area contributed by atoms with Crippen molar-refractivity contribution in [2.24, 2.45) is 5.41 Å². The Morgan fingerprint density at radius 3 is 2.38 bits per heavy atom. The molecule has 1 nitrogen and oxygen atoms in total. The topological polar surface area (TPSA) is 12.9 Å². The first-order valence-corrected chi connectivity index (χ1v) is 13.6. The average molecular weight is 488 g/mol. The summed E-state index contributed by atoms with van der Waals surface area (Å²) in [5.41, 5.74) is 15.3. The molecular weight excluding hydrogens is 446 g/mol. The van der Waals surface area contributed by atoms with Gasteiger partial charge in [-0.2, -0.15) is 0 Å². The maximum atomic E-state index is 4.63. The number of pyridine rings is 1. The minimum Gasteiger partial charge on any atom is -0.256 e. The van der Waals surface area contributed by atoms with Crippen molar-refractivity contribution < 1.29 is 0 Å². The third kappa shape index (κ3) is 4.68. The van der Waals surface area contributed by atoms with E-state index in [0.29, 0.717) is 0 Å². The van der Waals surface area contributed by atoms with Crippen LogP contribution in [0.1, 0.15) is 76.3 Å². The first-order valence-electron chi connectivity index (χ1n) is 13.6. The van der Waals surface area contributed by atoms with Crippen molar-refractivity contribution in [3.05, 3.63) is 136 Å². The normalized spacial score (nSPS) is 22.9. The molecule has 0 amide bonds. The second kappa shape index (κ2) is 10.9. The summed E-state index contributed by atoms with van der Waals surface area (Å²) in [5.74, 6) is 0. The fourth-order valence-electron chi connectivity index (χ4n) is 6.21. The lowest BCUT2D eigenvalue weighted by Gasteiger charge is -2.28. The summed E-state index contributed by atoms with van der Waals surface area (Å²) in [4.78, 5) is 4.61. The number of nitrogens with zero attached hydrogens (tertiary/aromatic N) is 1. The van der Waals surface area contributed by atoms with Crippen molar-refractivity contribution in [3.63, 3.8) is 0 Å². The predicted octanol–water partition coefficient (Wildman–Crippen LogP) is 9.94. The highest BCUT2D eigenvalue weighted by molar-refractivity contribution is 5.78. The SMILES string of the molecule is C=C1C(=C)C2(CC(=C/C)/C(=C\C(=CC)c3ccccn3)C2)C(/C=C(\CC)c2cccc(CC)c2C)=C1C. The molecule has 1 fully saturated rings. The lowest BCUT2D eigenvalue weighted by atomic mass is 9.74. The minimum atomic E-state index is -0.144. The van der Waals surface area contributed by atoms with Crippen molar-refractivity contribution in [1.29, 1.82) is 0 Å². The smallest absolute Gasteiger partial charge is 0.0698 e. The first-order chi connectivity index (χ1) is 17.8. The highest BCUT2D eigenvalue weighted by Crippen LogP contribution is 2.62. The highest BCUT2D eigenvalue weighted by atomic mass is 14.7. The molecule has 1 aromatic heterocycles. The predicted molar refractivity (Wildman–Crippen MR) is 161 cm³/mol. The molecule has 0 saturated heterocycles. The Kier molecular flexibility index (Phi) is 7.83. The molecule has 0 radical (unpaired) electrons. The van der Waals surface area contributed by atoms with Crippen LogP contribution in [0.4, 0.5) is 0 Å².